The van der Waals surface area contributed by atoms with Crippen LogP contribution in [0.1, 0.15) is 0 Å². The molecule has 144 valence electrons. The molecular formula is C20H7Cl4NO3S. The van der Waals surface area contributed by atoms with Gasteiger partial charge in [-0.2, -0.15) is 0 Å². The van der Waals surface area contributed by atoms with E-state index in [0.717, 1.165) is 10.2 Å². The highest BCUT2D eigenvalue weighted by atomic mass is 35.5. The summed E-state index contributed by atoms with van der Waals surface area (Å²) >= 11 is 26.1. The van der Waals surface area contributed by atoms with E-state index in [1.54, 1.807) is 0 Å². The van der Waals surface area contributed by atoms with E-state index in [-0.39, 0.29) is 47.4 Å². The summed E-state index contributed by atoms with van der Waals surface area (Å²) in [4.78, 5) is 29.9. The fourth-order valence-electron chi connectivity index (χ4n) is 3.53. The summed E-state index contributed by atoms with van der Waals surface area (Å²) in [5.74, 6) is -0.324. The van der Waals surface area contributed by atoms with Crippen molar-refractivity contribution in [2.24, 2.45) is 0 Å². The lowest BCUT2D eigenvalue weighted by molar-refractivity contribution is 0.482. The standard InChI is InChI=1S/C20H7Cl4NO3S/c21-14-11-12(15(22)17(24)16(14)23)20(28)13-10(19(11)27)7(26)5-9-18(13)25-6-3-1-2-4-8(6)29-9/h1-5,25-26H. The number of phenolic OH excluding ortho intramolecular Hbond substituents is 1. The molecule has 1 aromatic heterocycles. The van der Waals surface area contributed by atoms with Crippen molar-refractivity contribution in [1.82, 2.24) is 4.98 Å². The summed E-state index contributed by atoms with van der Waals surface area (Å²) in [5, 5.41) is 9.64. The lowest BCUT2D eigenvalue weighted by Crippen LogP contribution is -2.15. The second-order valence-corrected chi connectivity index (χ2v) is 9.00. The van der Waals surface area contributed by atoms with Gasteiger partial charge in [0.2, 0.25) is 0 Å². The molecule has 5 aromatic rings. The van der Waals surface area contributed by atoms with Gasteiger partial charge in [-0.1, -0.05) is 58.5 Å². The largest absolute Gasteiger partial charge is 0.507 e. The Labute approximate surface area is 185 Å². The first kappa shape index (κ1) is 19.0. The van der Waals surface area contributed by atoms with Crippen LogP contribution in [0.15, 0.2) is 39.9 Å². The second kappa shape index (κ2) is 6.49. The molecule has 5 rings (SSSR count). The van der Waals surface area contributed by atoms with Crippen LogP contribution in [0.3, 0.4) is 0 Å². The molecule has 9 heteroatoms. The molecular weight excluding hydrogens is 476 g/mol. The molecule has 0 aliphatic rings. The van der Waals surface area contributed by atoms with Crippen molar-refractivity contribution < 1.29 is 5.11 Å². The number of hydrogen-bond donors (Lipinski definition) is 2. The zero-order valence-electron chi connectivity index (χ0n) is 14.1. The van der Waals surface area contributed by atoms with Gasteiger partial charge in [0.15, 0.2) is 10.9 Å². The number of fused-ring (bicyclic) bond motifs is 5. The van der Waals surface area contributed by atoms with E-state index in [2.05, 4.69) is 4.98 Å². The van der Waals surface area contributed by atoms with Gasteiger partial charge in [0, 0.05) is 6.07 Å². The Balaban J connectivity index is 2.18. The summed E-state index contributed by atoms with van der Waals surface area (Å²) in [5.41, 5.74) is -0.0170. The third kappa shape index (κ3) is 2.52. The van der Waals surface area contributed by atoms with Gasteiger partial charge < -0.3 is 10.1 Å². The molecule has 2 N–H and O–H groups in total. The van der Waals surface area contributed by atoms with Crippen LogP contribution in [0.5, 0.6) is 5.75 Å². The SMILES string of the molecule is O=c1c2c(Cl)c(Cl)c(Cl)c(Cl)c2c(=O)c2c1c(O)cc1sc3ccccc3[nH]c12. The Morgan fingerprint density at radius 2 is 1.34 bits per heavy atom. The number of hydrogen-bond acceptors (Lipinski definition) is 4. The number of rotatable bonds is 0. The number of benzene rings is 4. The maximum atomic E-state index is 13.5. The molecule has 0 atom stereocenters. The van der Waals surface area contributed by atoms with Gasteiger partial charge in [0.05, 0.1) is 62.1 Å². The first-order valence-corrected chi connectivity index (χ1v) is 10.5. The first-order chi connectivity index (χ1) is 13.8. The highest BCUT2D eigenvalue weighted by Gasteiger charge is 2.25. The third-order valence-electron chi connectivity index (χ3n) is 4.81. The summed E-state index contributed by atoms with van der Waals surface area (Å²) in [6.45, 7) is 0. The minimum atomic E-state index is -0.647. The summed E-state index contributed by atoms with van der Waals surface area (Å²) in [6, 6.07) is 8.95. The van der Waals surface area contributed by atoms with Gasteiger partial charge >= 0.3 is 0 Å². The first-order valence-electron chi connectivity index (χ1n) is 8.20. The van der Waals surface area contributed by atoms with Crippen molar-refractivity contribution in [3.63, 3.8) is 0 Å². The number of para-hydroxylation sites is 1. The normalized spacial score (nSPS) is 11.9. The summed E-state index contributed by atoms with van der Waals surface area (Å²) in [7, 11) is 0. The van der Waals surface area contributed by atoms with Gasteiger partial charge in [-0.05, 0) is 12.1 Å². The van der Waals surface area contributed by atoms with E-state index >= 15 is 0 Å². The van der Waals surface area contributed by atoms with Gasteiger partial charge in [-0.3, -0.25) is 9.59 Å². The highest BCUT2D eigenvalue weighted by molar-refractivity contribution is 7.24. The zero-order chi connectivity index (χ0) is 20.6. The predicted octanol–water partition coefficient (Wildman–Crippen LogP) is 6.73. The fraction of sp³-hybridized carbons (Fsp3) is 0. The molecule has 0 bridgehead atoms. The zero-order valence-corrected chi connectivity index (χ0v) is 17.9. The van der Waals surface area contributed by atoms with Crippen molar-refractivity contribution in [3.8, 4) is 5.75 Å². The van der Waals surface area contributed by atoms with Crippen LogP contribution in [0.4, 0.5) is 0 Å². The molecule has 0 unspecified atom stereocenters. The molecule has 0 aliphatic heterocycles. The molecule has 0 saturated heterocycles. The van der Waals surface area contributed by atoms with Crippen LogP contribution >= 0.6 is 57.7 Å². The van der Waals surface area contributed by atoms with Crippen LogP contribution in [0, 0.1) is 0 Å². The smallest absolute Gasteiger partial charge is 0.199 e. The third-order valence-corrected chi connectivity index (χ3v) is 7.73. The molecule has 0 radical (unpaired) electrons. The lowest BCUT2D eigenvalue weighted by Gasteiger charge is -2.11. The summed E-state index contributed by atoms with van der Waals surface area (Å²) < 4.78 is 1.53. The van der Waals surface area contributed by atoms with Crippen LogP contribution in [-0.2, 0) is 0 Å². The number of H-pyrrole nitrogens is 1. The quantitative estimate of drug-likeness (QED) is 0.111. The number of nitrogens with one attached hydrogen (secondary N) is 1. The monoisotopic (exact) mass is 481 g/mol. The number of aromatic nitrogens is 1. The van der Waals surface area contributed by atoms with E-state index in [0.29, 0.717) is 10.2 Å². The van der Waals surface area contributed by atoms with Crippen LogP contribution in [0.2, 0.25) is 20.1 Å². The molecule has 29 heavy (non-hydrogen) atoms. The van der Waals surface area contributed by atoms with E-state index in [1.165, 1.54) is 17.4 Å². The van der Waals surface area contributed by atoms with Crippen molar-refractivity contribution in [2.75, 3.05) is 0 Å². The van der Waals surface area contributed by atoms with E-state index in [1.807, 2.05) is 24.3 Å². The Bertz CT molecular complexity index is 1660. The topological polar surface area (TPSA) is 70.2 Å². The second-order valence-electron chi connectivity index (χ2n) is 6.41. The minimum absolute atomic E-state index is 0.0239. The molecule has 0 saturated carbocycles. The average molecular weight is 483 g/mol. The Kier molecular flexibility index (Phi) is 4.25. The Morgan fingerprint density at radius 1 is 0.759 bits per heavy atom. The van der Waals surface area contributed by atoms with Gasteiger partial charge in [0.1, 0.15) is 5.75 Å². The molecule has 0 aliphatic carbocycles. The van der Waals surface area contributed by atoms with E-state index < -0.39 is 10.9 Å². The maximum absolute atomic E-state index is 13.5. The Hall–Kier alpha value is -2.02. The number of halogens is 4. The maximum Gasteiger partial charge on any atom is 0.199 e. The minimum Gasteiger partial charge on any atom is -0.507 e. The van der Waals surface area contributed by atoms with Gasteiger partial charge in [-0.15, -0.1) is 11.3 Å². The number of aromatic hydroxyl groups is 1. The molecule has 0 spiro atoms. The van der Waals surface area contributed by atoms with Crippen molar-refractivity contribution in [2.45, 2.75) is 0 Å². The Morgan fingerprint density at radius 3 is 2.00 bits per heavy atom. The fourth-order valence-corrected chi connectivity index (χ4v) is 5.59. The predicted molar refractivity (Wildman–Crippen MR) is 123 cm³/mol. The highest BCUT2D eigenvalue weighted by Crippen LogP contribution is 2.42. The molecule has 0 amide bonds. The summed E-state index contributed by atoms with van der Waals surface area (Å²) in [6.07, 6.45) is 0. The van der Waals surface area contributed by atoms with Crippen LogP contribution in [0.25, 0.3) is 42.0 Å². The molecule has 1 heterocycles. The van der Waals surface area contributed by atoms with Crippen molar-refractivity contribution >= 4 is 99.7 Å². The van der Waals surface area contributed by atoms with Crippen molar-refractivity contribution in [1.29, 1.82) is 0 Å². The molecule has 0 fully saturated rings. The van der Waals surface area contributed by atoms with E-state index in [4.69, 9.17) is 46.4 Å². The van der Waals surface area contributed by atoms with E-state index in [9.17, 15) is 14.7 Å². The van der Waals surface area contributed by atoms with Crippen LogP contribution in [-0.4, -0.2) is 10.1 Å². The molecule has 4 aromatic carbocycles. The number of aromatic amines is 1. The average Bonchev–Trinajstić information content (AvgIpc) is 2.71. The van der Waals surface area contributed by atoms with Gasteiger partial charge in [-0.25, -0.2) is 0 Å². The molecule has 4 nitrogen and oxygen atoms in total. The van der Waals surface area contributed by atoms with Crippen LogP contribution < -0.4 is 10.9 Å². The number of phenols is 1. The lowest BCUT2D eigenvalue weighted by atomic mass is 10.0. The van der Waals surface area contributed by atoms with Gasteiger partial charge in [0.25, 0.3) is 0 Å². The van der Waals surface area contributed by atoms with Crippen molar-refractivity contribution in [3.05, 3.63) is 70.9 Å².